The summed E-state index contributed by atoms with van der Waals surface area (Å²) < 4.78 is 0. The number of halogens is 1. The predicted molar refractivity (Wildman–Crippen MR) is 112 cm³/mol. The van der Waals surface area contributed by atoms with Crippen LogP contribution in [0.3, 0.4) is 0 Å². The monoisotopic (exact) mass is 409 g/mol. The molecule has 5 nitrogen and oxygen atoms in total. The number of piperazine rings is 1. The number of rotatable bonds is 8. The van der Waals surface area contributed by atoms with E-state index in [9.17, 15) is 9.90 Å². The third kappa shape index (κ3) is 6.90. The summed E-state index contributed by atoms with van der Waals surface area (Å²) >= 11 is 1.59. The third-order valence-electron chi connectivity index (χ3n) is 4.72. The summed E-state index contributed by atoms with van der Waals surface area (Å²) in [6.45, 7) is 5.23. The van der Waals surface area contributed by atoms with Crippen LogP contribution in [0.15, 0.2) is 47.2 Å². The zero-order valence-corrected chi connectivity index (χ0v) is 17.1. The number of hydrogen-bond donors (Lipinski definition) is 2. The summed E-state index contributed by atoms with van der Waals surface area (Å²) in [5.41, 5.74) is 2.14. The Morgan fingerprint density at radius 2 is 1.96 bits per heavy atom. The van der Waals surface area contributed by atoms with Crippen molar-refractivity contribution in [3.05, 3.63) is 58.3 Å². The van der Waals surface area contributed by atoms with Gasteiger partial charge in [-0.2, -0.15) is 11.3 Å². The van der Waals surface area contributed by atoms with Crippen molar-refractivity contribution in [3.63, 3.8) is 0 Å². The molecular formula is C20H28ClN3O2S. The Morgan fingerprint density at radius 1 is 1.22 bits per heavy atom. The molecule has 0 bridgehead atoms. The van der Waals surface area contributed by atoms with Gasteiger partial charge in [0.1, 0.15) is 0 Å². The molecule has 2 heterocycles. The highest BCUT2D eigenvalue weighted by molar-refractivity contribution is 7.07. The van der Waals surface area contributed by atoms with E-state index in [1.807, 2.05) is 39.9 Å². The van der Waals surface area contributed by atoms with Crippen LogP contribution in [0, 0.1) is 0 Å². The highest BCUT2D eigenvalue weighted by atomic mass is 35.5. The first kappa shape index (κ1) is 21.9. The first-order chi connectivity index (χ1) is 12.7. The van der Waals surface area contributed by atoms with Gasteiger partial charge in [-0.25, -0.2) is 0 Å². The molecule has 148 valence electrons. The molecule has 0 saturated carbocycles. The molecule has 1 amide bonds. The Labute approximate surface area is 171 Å². The van der Waals surface area contributed by atoms with Crippen LogP contribution in [0.25, 0.3) is 0 Å². The van der Waals surface area contributed by atoms with Crippen LogP contribution in [0.4, 0.5) is 0 Å². The molecule has 7 heteroatoms. The standard InChI is InChI=1S/C20H27N3O2S.ClH/c24-19(18-7-13-26-16-18)15-22(14-17-4-2-1-3-5-17)10-6-20(25)23-11-8-21-9-12-23;/h1-5,7,13,16,19,21,24H,6,8-12,14-15H2;1H. The molecular weight excluding hydrogens is 382 g/mol. The van der Waals surface area contributed by atoms with E-state index in [-0.39, 0.29) is 18.3 Å². The van der Waals surface area contributed by atoms with Gasteiger partial charge >= 0.3 is 0 Å². The lowest BCUT2D eigenvalue weighted by atomic mass is 10.1. The number of nitrogens with one attached hydrogen (secondary N) is 1. The summed E-state index contributed by atoms with van der Waals surface area (Å²) in [6.07, 6.45) is -0.0392. The first-order valence-electron chi connectivity index (χ1n) is 9.17. The molecule has 0 aliphatic carbocycles. The predicted octanol–water partition coefficient (Wildman–Crippen LogP) is 2.53. The van der Waals surface area contributed by atoms with Crippen LogP contribution in [0.5, 0.6) is 0 Å². The fraction of sp³-hybridized carbons (Fsp3) is 0.450. The number of aliphatic hydroxyl groups is 1. The van der Waals surface area contributed by atoms with E-state index >= 15 is 0 Å². The average Bonchev–Trinajstić information content (AvgIpc) is 3.22. The van der Waals surface area contributed by atoms with Gasteiger partial charge in [-0.05, 0) is 28.0 Å². The van der Waals surface area contributed by atoms with Crippen LogP contribution in [0.2, 0.25) is 0 Å². The van der Waals surface area contributed by atoms with Gasteiger partial charge in [0.15, 0.2) is 0 Å². The smallest absolute Gasteiger partial charge is 0.223 e. The van der Waals surface area contributed by atoms with Crippen molar-refractivity contribution < 1.29 is 9.90 Å². The zero-order chi connectivity index (χ0) is 18.2. The maximum absolute atomic E-state index is 12.5. The lowest BCUT2D eigenvalue weighted by Gasteiger charge is -2.29. The molecule has 1 aromatic heterocycles. The lowest BCUT2D eigenvalue weighted by molar-refractivity contribution is -0.132. The summed E-state index contributed by atoms with van der Waals surface area (Å²) in [5.74, 6) is 0.203. The van der Waals surface area contributed by atoms with E-state index < -0.39 is 6.10 Å². The van der Waals surface area contributed by atoms with Crippen LogP contribution < -0.4 is 5.32 Å². The van der Waals surface area contributed by atoms with E-state index in [1.54, 1.807) is 11.3 Å². The summed E-state index contributed by atoms with van der Waals surface area (Å²) in [6, 6.07) is 12.2. The Kier molecular flexibility index (Phi) is 9.24. The largest absolute Gasteiger partial charge is 0.387 e. The molecule has 27 heavy (non-hydrogen) atoms. The van der Waals surface area contributed by atoms with E-state index in [0.717, 1.165) is 38.3 Å². The molecule has 1 aromatic carbocycles. The van der Waals surface area contributed by atoms with Crippen molar-refractivity contribution in [2.75, 3.05) is 39.3 Å². The number of amides is 1. The second-order valence-electron chi connectivity index (χ2n) is 6.67. The molecule has 1 saturated heterocycles. The molecule has 1 aliphatic rings. The third-order valence-corrected chi connectivity index (χ3v) is 5.42. The van der Waals surface area contributed by atoms with E-state index in [4.69, 9.17) is 0 Å². The number of carbonyl (C=O) groups is 1. The van der Waals surface area contributed by atoms with Crippen molar-refractivity contribution in [2.45, 2.75) is 19.1 Å². The van der Waals surface area contributed by atoms with Gasteiger partial charge in [-0.1, -0.05) is 30.3 Å². The minimum atomic E-state index is -0.528. The minimum absolute atomic E-state index is 0. The van der Waals surface area contributed by atoms with Crippen LogP contribution in [0.1, 0.15) is 23.7 Å². The maximum atomic E-state index is 12.5. The molecule has 2 aromatic rings. The summed E-state index contributed by atoms with van der Waals surface area (Å²) in [7, 11) is 0. The maximum Gasteiger partial charge on any atom is 0.223 e. The SMILES string of the molecule is Cl.O=C(CCN(Cc1ccccc1)CC(O)c1ccsc1)N1CCNCC1. The molecule has 1 atom stereocenters. The fourth-order valence-corrected chi connectivity index (χ4v) is 3.92. The Morgan fingerprint density at radius 3 is 2.63 bits per heavy atom. The van der Waals surface area contributed by atoms with Gasteiger partial charge in [0.05, 0.1) is 6.10 Å². The van der Waals surface area contributed by atoms with Crippen molar-refractivity contribution in [1.82, 2.24) is 15.1 Å². The van der Waals surface area contributed by atoms with Gasteiger partial charge < -0.3 is 15.3 Å². The summed E-state index contributed by atoms with van der Waals surface area (Å²) in [4.78, 5) is 16.6. The van der Waals surface area contributed by atoms with Crippen molar-refractivity contribution in [2.24, 2.45) is 0 Å². The molecule has 0 radical (unpaired) electrons. The van der Waals surface area contributed by atoms with Crippen molar-refractivity contribution in [3.8, 4) is 0 Å². The first-order valence-corrected chi connectivity index (χ1v) is 10.1. The quantitative estimate of drug-likeness (QED) is 0.703. The average molecular weight is 410 g/mol. The van der Waals surface area contributed by atoms with Gasteiger partial charge in [-0.15, -0.1) is 12.4 Å². The highest BCUT2D eigenvalue weighted by Gasteiger charge is 2.19. The van der Waals surface area contributed by atoms with Gasteiger partial charge in [0.2, 0.25) is 5.91 Å². The number of benzene rings is 1. The number of carbonyl (C=O) groups excluding carboxylic acids is 1. The Balaban J connectivity index is 0.00000261. The number of aliphatic hydroxyl groups excluding tert-OH is 1. The van der Waals surface area contributed by atoms with Crippen molar-refractivity contribution in [1.29, 1.82) is 0 Å². The Hall–Kier alpha value is -1.44. The zero-order valence-electron chi connectivity index (χ0n) is 15.4. The molecule has 0 spiro atoms. The van der Waals surface area contributed by atoms with Gasteiger partial charge in [0.25, 0.3) is 0 Å². The molecule has 2 N–H and O–H groups in total. The number of nitrogens with zero attached hydrogens (tertiary/aromatic N) is 2. The second kappa shape index (κ2) is 11.4. The van der Waals surface area contributed by atoms with Gasteiger partial charge in [0, 0.05) is 52.2 Å². The number of hydrogen-bond acceptors (Lipinski definition) is 5. The topological polar surface area (TPSA) is 55.8 Å². The fourth-order valence-electron chi connectivity index (χ4n) is 3.22. The molecule has 3 rings (SSSR count). The van der Waals surface area contributed by atoms with Crippen LogP contribution in [-0.4, -0.2) is 60.1 Å². The highest BCUT2D eigenvalue weighted by Crippen LogP contribution is 2.19. The molecule has 1 unspecified atom stereocenters. The van der Waals surface area contributed by atoms with Gasteiger partial charge in [-0.3, -0.25) is 9.69 Å². The van der Waals surface area contributed by atoms with Crippen LogP contribution in [-0.2, 0) is 11.3 Å². The Bertz CT molecular complexity index is 663. The van der Waals surface area contributed by atoms with Crippen LogP contribution >= 0.6 is 23.7 Å². The second-order valence-corrected chi connectivity index (χ2v) is 7.45. The van der Waals surface area contributed by atoms with Crippen molar-refractivity contribution >= 4 is 29.7 Å². The minimum Gasteiger partial charge on any atom is -0.387 e. The molecule has 1 fully saturated rings. The normalized spacial score (nSPS) is 15.4. The summed E-state index contributed by atoms with van der Waals surface area (Å²) in [5, 5.41) is 17.8. The van der Waals surface area contributed by atoms with E-state index in [0.29, 0.717) is 19.5 Å². The molecule has 1 aliphatic heterocycles. The lowest BCUT2D eigenvalue weighted by Crippen LogP contribution is -2.47. The van der Waals surface area contributed by atoms with E-state index in [1.165, 1.54) is 5.56 Å². The van der Waals surface area contributed by atoms with E-state index in [2.05, 4.69) is 22.3 Å². The number of thiophene rings is 1.